The number of carbonyl (C=O) groups is 4. The second kappa shape index (κ2) is 63.3. The summed E-state index contributed by atoms with van der Waals surface area (Å²) >= 11 is 0. The van der Waals surface area contributed by atoms with Gasteiger partial charge in [0.25, 0.3) is 0 Å². The van der Waals surface area contributed by atoms with Gasteiger partial charge in [-0.2, -0.15) is 0 Å². The predicted octanol–water partition coefficient (Wildman–Crippen LogP) is 19.4. The Morgan fingerprint density at radius 2 is 0.523 bits per heavy atom. The van der Waals surface area contributed by atoms with E-state index >= 15 is 0 Å². The molecule has 0 fully saturated rings. The molecule has 0 aromatic heterocycles. The van der Waals surface area contributed by atoms with E-state index in [1.165, 1.54) is 135 Å². The van der Waals surface area contributed by atoms with Gasteiger partial charge in [-0.05, 0) is 77.0 Å². The monoisotopic (exact) mass is 1290 g/mol. The molecule has 0 rings (SSSR count). The fraction of sp³-hybridized carbons (Fsp3) is 0.884. The molecule has 0 aromatic carbocycles. The second-order valence-electron chi connectivity index (χ2n) is 24.2. The Kier molecular flexibility index (Phi) is 61.5. The van der Waals surface area contributed by atoms with Crippen molar-refractivity contribution in [3.8, 4) is 0 Å². The standard InChI is InChI=1S/C69H130O17P2/c1-5-9-13-17-20-23-26-29-31-34-37-40-43-47-51-55-68(73)85-64(59-79-66(71)53-49-45-16-12-8-4)61-83-87(75,76)81-57-63(70)58-82-88(77,78)84-62-65(60-80-67(72)54-50-46-42-39-36-33-28-25-22-19-15-11-7-3)86-69(74)56-52-48-44-41-38-35-32-30-27-24-21-18-14-10-6-2/h29-32,63-65,70H,5-28,33-62H2,1-4H3,(H,75,76)(H,77,78)/b31-29-,32-30-/t63-,64-,65-/m1/s1. The molecule has 518 valence electrons. The second-order valence-corrected chi connectivity index (χ2v) is 27.1. The Balaban J connectivity index is 5.19. The normalized spacial score (nSPS) is 14.2. The van der Waals surface area contributed by atoms with Crippen molar-refractivity contribution in [1.29, 1.82) is 0 Å². The zero-order chi connectivity index (χ0) is 64.7. The van der Waals surface area contributed by atoms with Crippen LogP contribution >= 0.6 is 15.6 Å². The lowest BCUT2D eigenvalue weighted by atomic mass is 10.0. The molecule has 3 N–H and O–H groups in total. The molecule has 0 bridgehead atoms. The smallest absolute Gasteiger partial charge is 0.462 e. The molecule has 17 nitrogen and oxygen atoms in total. The topological polar surface area (TPSA) is 237 Å². The zero-order valence-corrected chi connectivity index (χ0v) is 58.0. The van der Waals surface area contributed by atoms with Crippen LogP contribution in [0.3, 0.4) is 0 Å². The van der Waals surface area contributed by atoms with Crippen LogP contribution in [0.1, 0.15) is 336 Å². The Hall–Kier alpha value is -2.46. The number of unbranched alkanes of at least 4 members (excludes halogenated alkanes) is 38. The minimum Gasteiger partial charge on any atom is -0.462 e. The van der Waals surface area contributed by atoms with E-state index in [9.17, 15) is 43.2 Å². The van der Waals surface area contributed by atoms with Crippen LogP contribution in [0.5, 0.6) is 0 Å². The average molecular weight is 1290 g/mol. The minimum absolute atomic E-state index is 0.0922. The highest BCUT2D eigenvalue weighted by atomic mass is 31.2. The first-order chi connectivity index (χ1) is 42.7. The van der Waals surface area contributed by atoms with Crippen molar-refractivity contribution in [3.63, 3.8) is 0 Å². The minimum atomic E-state index is -4.95. The van der Waals surface area contributed by atoms with Crippen LogP contribution in [0.4, 0.5) is 0 Å². The number of allylic oxidation sites excluding steroid dienone is 4. The number of phosphoric ester groups is 2. The summed E-state index contributed by atoms with van der Waals surface area (Å²) in [6.45, 7) is 4.79. The molecule has 0 spiro atoms. The van der Waals surface area contributed by atoms with Crippen LogP contribution in [0.25, 0.3) is 0 Å². The van der Waals surface area contributed by atoms with Gasteiger partial charge in [0.15, 0.2) is 12.2 Å². The van der Waals surface area contributed by atoms with Gasteiger partial charge in [0.1, 0.15) is 19.3 Å². The molecule has 0 heterocycles. The van der Waals surface area contributed by atoms with Gasteiger partial charge in [0.05, 0.1) is 26.4 Å². The Labute approximate surface area is 535 Å². The van der Waals surface area contributed by atoms with Crippen molar-refractivity contribution >= 4 is 39.5 Å². The first kappa shape index (κ1) is 85.5. The third-order valence-corrected chi connectivity index (χ3v) is 17.3. The summed E-state index contributed by atoms with van der Waals surface area (Å²) in [6.07, 6.45) is 53.8. The maximum atomic E-state index is 13.0. The number of ether oxygens (including phenoxy) is 4. The van der Waals surface area contributed by atoms with E-state index in [0.717, 1.165) is 122 Å². The number of aliphatic hydroxyl groups excluding tert-OH is 1. The Bertz CT molecular complexity index is 1780. The number of hydrogen-bond donors (Lipinski definition) is 3. The summed E-state index contributed by atoms with van der Waals surface area (Å²) in [5.41, 5.74) is 0. The molecule has 0 radical (unpaired) electrons. The average Bonchev–Trinajstić information content (AvgIpc) is 3.53. The van der Waals surface area contributed by atoms with Crippen LogP contribution in [0, 0.1) is 0 Å². The van der Waals surface area contributed by atoms with Crippen molar-refractivity contribution < 1.29 is 80.2 Å². The molecular weight excluding hydrogens is 1160 g/mol. The summed E-state index contributed by atoms with van der Waals surface area (Å²) in [5.74, 6) is -2.17. The molecule has 0 aliphatic rings. The highest BCUT2D eigenvalue weighted by Gasteiger charge is 2.30. The summed E-state index contributed by atoms with van der Waals surface area (Å²) in [4.78, 5) is 72.2. The molecule has 5 atom stereocenters. The Morgan fingerprint density at radius 3 is 0.784 bits per heavy atom. The molecule has 0 saturated carbocycles. The van der Waals surface area contributed by atoms with Crippen LogP contribution < -0.4 is 0 Å². The lowest BCUT2D eigenvalue weighted by molar-refractivity contribution is -0.161. The first-order valence-electron chi connectivity index (χ1n) is 35.6. The molecule has 19 heteroatoms. The van der Waals surface area contributed by atoms with E-state index in [-0.39, 0.29) is 25.7 Å². The number of esters is 4. The van der Waals surface area contributed by atoms with Gasteiger partial charge in [0.2, 0.25) is 0 Å². The third kappa shape index (κ3) is 62.4. The molecule has 0 aliphatic carbocycles. The van der Waals surface area contributed by atoms with Gasteiger partial charge in [-0.15, -0.1) is 0 Å². The van der Waals surface area contributed by atoms with Crippen molar-refractivity contribution in [3.05, 3.63) is 24.3 Å². The highest BCUT2D eigenvalue weighted by Crippen LogP contribution is 2.45. The van der Waals surface area contributed by atoms with E-state index in [4.69, 9.17) is 37.0 Å². The molecule has 0 aromatic rings. The van der Waals surface area contributed by atoms with Gasteiger partial charge in [-0.25, -0.2) is 9.13 Å². The van der Waals surface area contributed by atoms with Crippen LogP contribution in [0.2, 0.25) is 0 Å². The third-order valence-electron chi connectivity index (χ3n) is 15.4. The van der Waals surface area contributed by atoms with Gasteiger partial charge in [-0.1, -0.05) is 257 Å². The van der Waals surface area contributed by atoms with E-state index in [1.807, 2.05) is 0 Å². The largest absolute Gasteiger partial charge is 0.472 e. The lowest BCUT2D eigenvalue weighted by Crippen LogP contribution is -2.30. The SMILES string of the molecule is CCCCCCCC/C=C\CCCCCCCC(=O)O[C@H](COC(=O)CCCCCCC)COP(=O)(O)OC[C@@H](O)COP(=O)(O)OC[C@@H](COC(=O)CCCCCCCCCCCCCCC)OC(=O)CCCCCCC/C=C\CCCCCCCC. The van der Waals surface area contributed by atoms with E-state index < -0.39 is 97.5 Å². The summed E-state index contributed by atoms with van der Waals surface area (Å²) in [7, 11) is -9.90. The van der Waals surface area contributed by atoms with Gasteiger partial charge in [0, 0.05) is 25.7 Å². The van der Waals surface area contributed by atoms with E-state index in [0.29, 0.717) is 25.7 Å². The molecule has 0 amide bonds. The summed E-state index contributed by atoms with van der Waals surface area (Å²) < 4.78 is 68.0. The number of phosphoric acid groups is 2. The molecule has 2 unspecified atom stereocenters. The van der Waals surface area contributed by atoms with Crippen molar-refractivity contribution in [1.82, 2.24) is 0 Å². The van der Waals surface area contributed by atoms with Gasteiger partial charge >= 0.3 is 39.5 Å². The van der Waals surface area contributed by atoms with Crippen molar-refractivity contribution in [2.45, 2.75) is 354 Å². The summed E-state index contributed by atoms with van der Waals surface area (Å²) in [5, 5.41) is 10.5. The fourth-order valence-corrected chi connectivity index (χ4v) is 11.5. The van der Waals surface area contributed by atoms with Crippen LogP contribution in [-0.4, -0.2) is 96.7 Å². The van der Waals surface area contributed by atoms with Gasteiger partial charge < -0.3 is 33.8 Å². The van der Waals surface area contributed by atoms with E-state index in [1.54, 1.807) is 0 Å². The zero-order valence-electron chi connectivity index (χ0n) is 56.2. The number of rotatable bonds is 68. The molecular formula is C69H130O17P2. The molecule has 88 heavy (non-hydrogen) atoms. The number of aliphatic hydroxyl groups is 1. The molecule has 0 saturated heterocycles. The maximum absolute atomic E-state index is 13.0. The van der Waals surface area contributed by atoms with Crippen molar-refractivity contribution in [2.75, 3.05) is 39.6 Å². The van der Waals surface area contributed by atoms with Crippen LogP contribution in [-0.2, 0) is 65.4 Å². The quantitative estimate of drug-likeness (QED) is 0.0169. The Morgan fingerprint density at radius 1 is 0.307 bits per heavy atom. The summed E-state index contributed by atoms with van der Waals surface area (Å²) in [6, 6.07) is 0. The number of carbonyl (C=O) groups excluding carboxylic acids is 4. The number of hydrogen-bond acceptors (Lipinski definition) is 15. The molecule has 0 aliphatic heterocycles. The lowest BCUT2D eigenvalue weighted by Gasteiger charge is -2.21. The predicted molar refractivity (Wildman–Crippen MR) is 354 cm³/mol. The fourth-order valence-electron chi connectivity index (χ4n) is 9.92. The van der Waals surface area contributed by atoms with Crippen molar-refractivity contribution in [2.24, 2.45) is 0 Å². The van der Waals surface area contributed by atoms with Gasteiger partial charge in [-0.3, -0.25) is 37.3 Å². The maximum Gasteiger partial charge on any atom is 0.472 e. The van der Waals surface area contributed by atoms with Crippen LogP contribution in [0.15, 0.2) is 24.3 Å². The highest BCUT2D eigenvalue weighted by molar-refractivity contribution is 7.47. The first-order valence-corrected chi connectivity index (χ1v) is 38.6. The van der Waals surface area contributed by atoms with E-state index in [2.05, 4.69) is 52.0 Å².